The van der Waals surface area contributed by atoms with E-state index in [-0.39, 0.29) is 11.2 Å². The Bertz CT molecular complexity index is 762. The SMILES string of the molecule is Cn1c(=O)c2c(ncn2CN2CCCCCC2)n(C)c1=O. The summed E-state index contributed by atoms with van der Waals surface area (Å²) >= 11 is 0. The second kappa shape index (κ2) is 5.48. The Labute approximate surface area is 122 Å². The van der Waals surface area contributed by atoms with Gasteiger partial charge in [-0.25, -0.2) is 9.78 Å². The highest BCUT2D eigenvalue weighted by Crippen LogP contribution is 2.12. The van der Waals surface area contributed by atoms with Crippen molar-refractivity contribution >= 4 is 11.2 Å². The normalized spacial score (nSPS) is 17.2. The number of hydrogen-bond donors (Lipinski definition) is 0. The highest BCUT2D eigenvalue weighted by atomic mass is 16.2. The first kappa shape index (κ1) is 14.1. The van der Waals surface area contributed by atoms with Crippen molar-refractivity contribution in [2.45, 2.75) is 32.4 Å². The molecule has 3 rings (SSSR count). The zero-order valence-corrected chi connectivity index (χ0v) is 12.6. The molecule has 0 aliphatic carbocycles. The van der Waals surface area contributed by atoms with Crippen LogP contribution in [0.5, 0.6) is 0 Å². The van der Waals surface area contributed by atoms with Crippen molar-refractivity contribution in [1.29, 1.82) is 0 Å². The second-order valence-electron chi connectivity index (χ2n) is 5.77. The largest absolute Gasteiger partial charge is 0.332 e. The number of fused-ring (bicyclic) bond motifs is 1. The van der Waals surface area contributed by atoms with Crippen LogP contribution in [0.2, 0.25) is 0 Å². The minimum absolute atomic E-state index is 0.277. The summed E-state index contributed by atoms with van der Waals surface area (Å²) in [7, 11) is 3.15. The summed E-state index contributed by atoms with van der Waals surface area (Å²) in [4.78, 5) is 30.9. The molecule has 0 atom stereocenters. The van der Waals surface area contributed by atoms with E-state index in [4.69, 9.17) is 0 Å². The molecule has 0 spiro atoms. The summed E-state index contributed by atoms with van der Waals surface area (Å²) in [6, 6.07) is 0. The lowest BCUT2D eigenvalue weighted by Crippen LogP contribution is -2.38. The minimum atomic E-state index is -0.340. The molecule has 21 heavy (non-hydrogen) atoms. The van der Waals surface area contributed by atoms with Gasteiger partial charge in [-0.05, 0) is 25.9 Å². The summed E-state index contributed by atoms with van der Waals surface area (Å²) in [6.45, 7) is 2.75. The van der Waals surface area contributed by atoms with Gasteiger partial charge in [0, 0.05) is 14.1 Å². The zero-order chi connectivity index (χ0) is 15.0. The molecule has 2 aromatic rings. The third-order valence-electron chi connectivity index (χ3n) is 4.27. The van der Waals surface area contributed by atoms with E-state index >= 15 is 0 Å². The van der Waals surface area contributed by atoms with Crippen LogP contribution in [-0.4, -0.2) is 36.7 Å². The van der Waals surface area contributed by atoms with Crippen molar-refractivity contribution in [2.75, 3.05) is 13.1 Å². The fraction of sp³-hybridized carbons (Fsp3) is 0.643. The summed E-state index contributed by atoms with van der Waals surface area (Å²) in [5.74, 6) is 0. The lowest BCUT2D eigenvalue weighted by atomic mass is 10.2. The van der Waals surface area contributed by atoms with Crippen LogP contribution in [0.25, 0.3) is 11.2 Å². The lowest BCUT2D eigenvalue weighted by Gasteiger charge is -2.20. The van der Waals surface area contributed by atoms with Crippen LogP contribution in [0.15, 0.2) is 15.9 Å². The minimum Gasteiger partial charge on any atom is -0.311 e. The smallest absolute Gasteiger partial charge is 0.311 e. The first-order chi connectivity index (χ1) is 10.1. The Hall–Kier alpha value is -1.89. The van der Waals surface area contributed by atoms with E-state index < -0.39 is 0 Å². The van der Waals surface area contributed by atoms with Gasteiger partial charge >= 0.3 is 5.69 Å². The van der Waals surface area contributed by atoms with Crippen molar-refractivity contribution in [1.82, 2.24) is 23.6 Å². The van der Waals surface area contributed by atoms with Gasteiger partial charge in [-0.2, -0.15) is 0 Å². The van der Waals surface area contributed by atoms with Gasteiger partial charge < -0.3 is 4.57 Å². The molecule has 7 heteroatoms. The molecule has 0 saturated carbocycles. The van der Waals surface area contributed by atoms with Crippen LogP contribution in [0.3, 0.4) is 0 Å². The van der Waals surface area contributed by atoms with Crippen molar-refractivity contribution in [3.8, 4) is 0 Å². The number of aromatic nitrogens is 4. The Morgan fingerprint density at radius 3 is 2.38 bits per heavy atom. The first-order valence-corrected chi connectivity index (χ1v) is 7.43. The van der Waals surface area contributed by atoms with Gasteiger partial charge in [0.1, 0.15) is 0 Å². The molecule has 1 aliphatic heterocycles. The number of hydrogen-bond acceptors (Lipinski definition) is 4. The molecule has 0 bridgehead atoms. The van der Waals surface area contributed by atoms with Crippen LogP contribution < -0.4 is 11.2 Å². The average molecular weight is 291 g/mol. The fourth-order valence-electron chi connectivity index (χ4n) is 3.00. The predicted octanol–water partition coefficient (Wildman–Crippen LogP) is 0.267. The van der Waals surface area contributed by atoms with Crippen molar-refractivity contribution in [3.63, 3.8) is 0 Å². The van der Waals surface area contributed by atoms with Gasteiger partial charge in [0.25, 0.3) is 5.56 Å². The number of nitrogens with zero attached hydrogens (tertiary/aromatic N) is 5. The lowest BCUT2D eigenvalue weighted by molar-refractivity contribution is 0.230. The maximum atomic E-state index is 12.4. The van der Waals surface area contributed by atoms with Crippen molar-refractivity contribution < 1.29 is 0 Å². The quantitative estimate of drug-likeness (QED) is 0.796. The topological polar surface area (TPSA) is 65.1 Å². The molecule has 0 radical (unpaired) electrons. The summed E-state index contributed by atoms with van der Waals surface area (Å²) in [5, 5.41) is 0. The summed E-state index contributed by atoms with van der Waals surface area (Å²) < 4.78 is 4.43. The third kappa shape index (κ3) is 2.42. The monoisotopic (exact) mass is 291 g/mol. The zero-order valence-electron chi connectivity index (χ0n) is 12.6. The molecule has 0 N–H and O–H groups in total. The number of imidazole rings is 1. The predicted molar refractivity (Wildman–Crippen MR) is 80.3 cm³/mol. The first-order valence-electron chi connectivity index (χ1n) is 7.43. The van der Waals surface area contributed by atoms with E-state index in [1.54, 1.807) is 13.4 Å². The molecule has 0 aromatic carbocycles. The van der Waals surface area contributed by atoms with Crippen LogP contribution in [0, 0.1) is 0 Å². The van der Waals surface area contributed by atoms with Gasteiger partial charge in [-0.15, -0.1) is 0 Å². The fourth-order valence-corrected chi connectivity index (χ4v) is 3.00. The van der Waals surface area contributed by atoms with E-state index in [0.717, 1.165) is 17.7 Å². The molecule has 114 valence electrons. The Morgan fingerprint density at radius 1 is 1.05 bits per heavy atom. The van der Waals surface area contributed by atoms with E-state index in [9.17, 15) is 9.59 Å². The molecule has 1 fully saturated rings. The van der Waals surface area contributed by atoms with Crippen molar-refractivity contribution in [2.24, 2.45) is 14.1 Å². The van der Waals surface area contributed by atoms with E-state index in [0.29, 0.717) is 17.8 Å². The maximum absolute atomic E-state index is 12.4. The van der Waals surface area contributed by atoms with Crippen LogP contribution in [-0.2, 0) is 20.8 Å². The molecule has 1 saturated heterocycles. The van der Waals surface area contributed by atoms with Gasteiger partial charge in [0.2, 0.25) is 0 Å². The molecular formula is C14H21N5O2. The van der Waals surface area contributed by atoms with Crippen molar-refractivity contribution in [3.05, 3.63) is 27.2 Å². The summed E-state index contributed by atoms with van der Waals surface area (Å²) in [6.07, 6.45) is 6.61. The molecule has 1 aliphatic rings. The molecule has 3 heterocycles. The molecule has 0 unspecified atom stereocenters. The van der Waals surface area contributed by atoms with E-state index in [1.807, 2.05) is 4.57 Å². The number of aryl methyl sites for hydroxylation is 1. The average Bonchev–Trinajstić information content (AvgIpc) is 2.71. The second-order valence-corrected chi connectivity index (χ2v) is 5.77. The molecular weight excluding hydrogens is 270 g/mol. The van der Waals surface area contributed by atoms with E-state index in [1.165, 1.54) is 37.3 Å². The Kier molecular flexibility index (Phi) is 3.67. The van der Waals surface area contributed by atoms with Gasteiger partial charge in [-0.1, -0.05) is 12.8 Å². The molecule has 2 aromatic heterocycles. The van der Waals surface area contributed by atoms with Gasteiger partial charge in [0.05, 0.1) is 13.0 Å². The third-order valence-corrected chi connectivity index (χ3v) is 4.27. The molecule has 0 amide bonds. The van der Waals surface area contributed by atoms with Gasteiger partial charge in [-0.3, -0.25) is 18.8 Å². The Morgan fingerprint density at radius 2 is 1.71 bits per heavy atom. The van der Waals surface area contributed by atoms with Crippen LogP contribution in [0.4, 0.5) is 0 Å². The number of likely N-dealkylation sites (tertiary alicyclic amines) is 1. The summed E-state index contributed by atoms with van der Waals surface area (Å²) in [5.41, 5.74) is 0.342. The molecule has 7 nitrogen and oxygen atoms in total. The van der Waals surface area contributed by atoms with E-state index in [2.05, 4.69) is 9.88 Å². The van der Waals surface area contributed by atoms with Gasteiger partial charge in [0.15, 0.2) is 11.2 Å². The standard InChI is InChI=1S/C14H21N5O2/c1-16-12-11(13(20)17(2)14(16)21)19(9-15-12)10-18-7-5-3-4-6-8-18/h9H,3-8,10H2,1-2H3. The maximum Gasteiger partial charge on any atom is 0.332 e. The Balaban J connectivity index is 2.04. The number of rotatable bonds is 2. The highest BCUT2D eigenvalue weighted by Gasteiger charge is 2.16. The van der Waals surface area contributed by atoms with Crippen LogP contribution >= 0.6 is 0 Å². The van der Waals surface area contributed by atoms with Crippen LogP contribution in [0.1, 0.15) is 25.7 Å². The highest BCUT2D eigenvalue weighted by molar-refractivity contribution is 5.69.